The largest absolute Gasteiger partial charge is 0.497 e. The summed E-state index contributed by atoms with van der Waals surface area (Å²) in [6.07, 6.45) is 3.68. The molecule has 8 nitrogen and oxygen atoms in total. The molecule has 0 aliphatic carbocycles. The molecule has 0 unspecified atom stereocenters. The van der Waals surface area contributed by atoms with Crippen molar-refractivity contribution in [1.29, 1.82) is 0 Å². The van der Waals surface area contributed by atoms with Gasteiger partial charge in [-0.2, -0.15) is 0 Å². The summed E-state index contributed by atoms with van der Waals surface area (Å²) in [7, 11) is 3.16. The van der Waals surface area contributed by atoms with E-state index in [-0.39, 0.29) is 18.1 Å². The number of ether oxygens (including phenoxy) is 2. The van der Waals surface area contributed by atoms with Gasteiger partial charge < -0.3 is 15.2 Å². The van der Waals surface area contributed by atoms with Crippen LogP contribution in [0.25, 0.3) is 16.7 Å². The van der Waals surface area contributed by atoms with Gasteiger partial charge in [-0.3, -0.25) is 0 Å². The van der Waals surface area contributed by atoms with Crippen molar-refractivity contribution in [2.24, 2.45) is 0 Å². The number of hydrogen-bond acceptors (Lipinski definition) is 6. The third kappa shape index (κ3) is 3.06. The molecule has 1 aromatic carbocycles. The van der Waals surface area contributed by atoms with E-state index in [4.69, 9.17) is 15.2 Å². The number of anilines is 1. The molecule has 0 saturated carbocycles. The Bertz CT molecular complexity index is 1060. The van der Waals surface area contributed by atoms with Crippen molar-refractivity contribution in [3.63, 3.8) is 0 Å². The van der Waals surface area contributed by atoms with Gasteiger partial charge in [0.05, 0.1) is 31.3 Å². The monoisotopic (exact) mass is 355 g/mol. The van der Waals surface area contributed by atoms with Gasteiger partial charge in [0.2, 0.25) is 5.65 Å². The van der Waals surface area contributed by atoms with Crippen molar-refractivity contribution >= 4 is 22.5 Å². The van der Waals surface area contributed by atoms with Gasteiger partial charge in [-0.1, -0.05) is 18.2 Å². The molecule has 0 amide bonds. The Morgan fingerprint density at radius 2 is 2.08 bits per heavy atom. The van der Waals surface area contributed by atoms with E-state index >= 15 is 0 Å². The van der Waals surface area contributed by atoms with Crippen LogP contribution in [0.2, 0.25) is 0 Å². The maximum atomic E-state index is 13.0. The molecule has 0 fully saturated rings. The Morgan fingerprint density at radius 1 is 1.31 bits per heavy atom. The van der Waals surface area contributed by atoms with Crippen molar-refractivity contribution in [1.82, 2.24) is 19.2 Å². The van der Waals surface area contributed by atoms with Gasteiger partial charge in [0.25, 0.3) is 0 Å². The van der Waals surface area contributed by atoms with Crippen LogP contribution < -0.4 is 11.4 Å². The highest BCUT2D eigenvalue weighted by Gasteiger charge is 2.16. The van der Waals surface area contributed by atoms with Crippen molar-refractivity contribution in [2.75, 3.05) is 26.6 Å². The zero-order chi connectivity index (χ0) is 18.7. The lowest BCUT2D eigenvalue weighted by molar-refractivity contribution is 0.209. The molecule has 8 heteroatoms. The van der Waals surface area contributed by atoms with Crippen LogP contribution in [0.5, 0.6) is 0 Å². The van der Waals surface area contributed by atoms with Gasteiger partial charge in [-0.25, -0.2) is 18.9 Å². The number of benzene rings is 1. The molecule has 26 heavy (non-hydrogen) atoms. The zero-order valence-corrected chi connectivity index (χ0v) is 15.0. The van der Waals surface area contributed by atoms with Crippen LogP contribution in [0, 0.1) is 0 Å². The van der Waals surface area contributed by atoms with Crippen molar-refractivity contribution in [2.45, 2.75) is 13.5 Å². The third-order valence-corrected chi connectivity index (χ3v) is 3.98. The number of aromatic nitrogens is 4. The molecule has 0 spiro atoms. The fourth-order valence-electron chi connectivity index (χ4n) is 2.85. The van der Waals surface area contributed by atoms with E-state index in [0.717, 1.165) is 5.57 Å². The quantitative estimate of drug-likeness (QED) is 0.534. The SMILES string of the molecule is C/C=C\C(OC)=C(/COC)Cn1nc2c(N)nc3ccccc3n2c1=O. The number of fused-ring (bicyclic) bond motifs is 3. The van der Waals surface area contributed by atoms with Gasteiger partial charge in [-0.05, 0) is 25.1 Å². The number of methoxy groups -OCH3 is 2. The van der Waals surface area contributed by atoms with E-state index in [1.807, 2.05) is 37.3 Å². The molecule has 0 radical (unpaired) electrons. The van der Waals surface area contributed by atoms with E-state index in [1.54, 1.807) is 20.3 Å². The average Bonchev–Trinajstić information content (AvgIpc) is 2.97. The number of nitrogens with two attached hydrogens (primary N) is 1. The van der Waals surface area contributed by atoms with Crippen molar-refractivity contribution in [3.8, 4) is 0 Å². The Morgan fingerprint density at radius 3 is 2.77 bits per heavy atom. The van der Waals surface area contributed by atoms with Crippen LogP contribution in [-0.4, -0.2) is 40.0 Å². The minimum absolute atomic E-state index is 0.206. The van der Waals surface area contributed by atoms with Crippen LogP contribution in [0.3, 0.4) is 0 Å². The Hall–Kier alpha value is -3.13. The van der Waals surface area contributed by atoms with Crippen molar-refractivity contribution < 1.29 is 9.47 Å². The first-order valence-corrected chi connectivity index (χ1v) is 8.12. The Kier molecular flexibility index (Phi) is 5.04. The van der Waals surface area contributed by atoms with Gasteiger partial charge in [0.15, 0.2) is 5.82 Å². The highest BCUT2D eigenvalue weighted by molar-refractivity contribution is 5.81. The summed E-state index contributed by atoms with van der Waals surface area (Å²) in [4.78, 5) is 17.3. The second kappa shape index (κ2) is 7.40. The van der Waals surface area contributed by atoms with E-state index in [1.165, 1.54) is 9.08 Å². The first-order chi connectivity index (χ1) is 12.6. The van der Waals surface area contributed by atoms with Gasteiger partial charge in [0, 0.05) is 12.7 Å². The van der Waals surface area contributed by atoms with Crippen LogP contribution in [0.1, 0.15) is 6.92 Å². The minimum atomic E-state index is -0.296. The van der Waals surface area contributed by atoms with E-state index < -0.39 is 0 Å². The number of hydrogen-bond donors (Lipinski definition) is 1. The molecule has 2 aromatic heterocycles. The van der Waals surface area contributed by atoms with Gasteiger partial charge in [-0.15, -0.1) is 5.10 Å². The average molecular weight is 355 g/mol. The standard InChI is InChI=1S/C18H21N5O3/c1-4-7-15(26-3)12(11-25-2)10-22-18(24)23-14-9-6-5-8-13(14)20-16(19)17(23)21-22/h4-9H,10-11H2,1-3H3,(H2,19,20)/b7-4-,15-12+. The lowest BCUT2D eigenvalue weighted by atomic mass is 10.2. The van der Waals surface area contributed by atoms with Crippen LogP contribution in [0.15, 0.2) is 52.5 Å². The van der Waals surface area contributed by atoms with Crippen LogP contribution in [0.4, 0.5) is 5.82 Å². The smallest absolute Gasteiger partial charge is 0.351 e. The van der Waals surface area contributed by atoms with Crippen LogP contribution >= 0.6 is 0 Å². The number of nitrogen functional groups attached to an aromatic ring is 1. The first kappa shape index (κ1) is 17.7. The van der Waals surface area contributed by atoms with E-state index in [9.17, 15) is 4.79 Å². The first-order valence-electron chi connectivity index (χ1n) is 8.12. The predicted molar refractivity (Wildman–Crippen MR) is 99.9 cm³/mol. The third-order valence-electron chi connectivity index (χ3n) is 3.98. The number of para-hydroxylation sites is 2. The highest BCUT2D eigenvalue weighted by atomic mass is 16.5. The predicted octanol–water partition coefficient (Wildman–Crippen LogP) is 1.75. The second-order valence-electron chi connectivity index (χ2n) is 5.69. The molecule has 0 aliphatic rings. The summed E-state index contributed by atoms with van der Waals surface area (Å²) in [6, 6.07) is 7.31. The van der Waals surface area contributed by atoms with Crippen LogP contribution in [-0.2, 0) is 16.0 Å². The molecular weight excluding hydrogens is 334 g/mol. The summed E-state index contributed by atoms with van der Waals surface area (Å²) >= 11 is 0. The summed E-state index contributed by atoms with van der Waals surface area (Å²) in [5.41, 5.74) is 8.12. The fraction of sp³-hybridized carbons (Fsp3) is 0.278. The summed E-state index contributed by atoms with van der Waals surface area (Å²) in [5, 5.41) is 4.37. The summed E-state index contributed by atoms with van der Waals surface area (Å²) < 4.78 is 13.5. The lowest BCUT2D eigenvalue weighted by Crippen LogP contribution is -2.24. The Labute approximate surface area is 150 Å². The Balaban J connectivity index is 2.20. The topological polar surface area (TPSA) is 96.7 Å². The fourth-order valence-corrected chi connectivity index (χ4v) is 2.85. The highest BCUT2D eigenvalue weighted by Crippen LogP contribution is 2.17. The molecule has 0 saturated heterocycles. The molecule has 136 valence electrons. The lowest BCUT2D eigenvalue weighted by Gasteiger charge is -2.10. The molecular formula is C18H21N5O3. The maximum Gasteiger partial charge on any atom is 0.351 e. The van der Waals surface area contributed by atoms with Crippen molar-refractivity contribution in [3.05, 3.63) is 58.2 Å². The number of nitrogens with zero attached hydrogens (tertiary/aromatic N) is 4. The summed E-state index contributed by atoms with van der Waals surface area (Å²) in [6.45, 7) is 2.41. The normalized spacial score (nSPS) is 12.9. The van der Waals surface area contributed by atoms with Gasteiger partial charge in [0.1, 0.15) is 5.76 Å². The zero-order valence-electron chi connectivity index (χ0n) is 15.0. The molecule has 0 bridgehead atoms. The number of allylic oxidation sites excluding steroid dienone is 2. The summed E-state index contributed by atoms with van der Waals surface area (Å²) in [5.74, 6) is 0.839. The molecule has 3 aromatic rings. The molecule has 2 N–H and O–H groups in total. The van der Waals surface area contributed by atoms with Gasteiger partial charge >= 0.3 is 5.69 Å². The number of rotatable bonds is 6. The molecule has 0 atom stereocenters. The molecule has 3 rings (SSSR count). The minimum Gasteiger partial charge on any atom is -0.497 e. The second-order valence-corrected chi connectivity index (χ2v) is 5.69. The van der Waals surface area contributed by atoms with E-state index in [0.29, 0.717) is 29.0 Å². The molecule has 2 heterocycles. The molecule has 0 aliphatic heterocycles. The van der Waals surface area contributed by atoms with E-state index in [2.05, 4.69) is 10.1 Å². The maximum absolute atomic E-state index is 13.0.